The van der Waals surface area contributed by atoms with E-state index in [-0.39, 0.29) is 6.04 Å². The van der Waals surface area contributed by atoms with Crippen LogP contribution in [0.5, 0.6) is 0 Å². The monoisotopic (exact) mass is 455 g/mol. The van der Waals surface area contributed by atoms with Crippen molar-refractivity contribution in [1.82, 2.24) is 15.3 Å². The van der Waals surface area contributed by atoms with Gasteiger partial charge in [0.25, 0.3) is 0 Å². The lowest BCUT2D eigenvalue weighted by Gasteiger charge is -2.38. The lowest BCUT2D eigenvalue weighted by atomic mass is 9.76. The zero-order valence-electron chi connectivity index (χ0n) is 18.3. The molecule has 164 valence electrons. The van der Waals surface area contributed by atoms with Gasteiger partial charge in [-0.1, -0.05) is 48.5 Å². The third-order valence-corrected chi connectivity index (χ3v) is 7.63. The smallest absolute Gasteiger partial charge is 0.189 e. The first-order valence-electron chi connectivity index (χ1n) is 11.1. The molecule has 0 amide bonds. The number of benzene rings is 1. The van der Waals surface area contributed by atoms with E-state index in [1.807, 2.05) is 18.4 Å². The fraction of sp³-hybridized carbons (Fsp3) is 0.542. The molecule has 1 fully saturated rings. The highest BCUT2D eigenvalue weighted by molar-refractivity contribution is 7.98. The molecular formula is C24H30ClN5S. The molecule has 0 spiro atoms. The summed E-state index contributed by atoms with van der Waals surface area (Å²) in [5, 5.41) is 14.3. The summed E-state index contributed by atoms with van der Waals surface area (Å²) >= 11 is 8.00. The van der Waals surface area contributed by atoms with Gasteiger partial charge < -0.3 is 10.2 Å². The highest BCUT2D eigenvalue weighted by Gasteiger charge is 2.32. The standard InChI is InChI=1S/C24H30ClN5S/c1-16-17(7-8-18-5-3-4-6-21(18)25)9-10-20-22(16)28-24(31-2)29-23(20)30-14-13-27-19(15-30)11-12-26/h3-6,16-17,19,27H,7-11,13-15H2,1-2H3. The van der Waals surface area contributed by atoms with Gasteiger partial charge in [-0.05, 0) is 49.5 Å². The van der Waals surface area contributed by atoms with E-state index in [9.17, 15) is 0 Å². The number of nitriles is 1. The van der Waals surface area contributed by atoms with Gasteiger partial charge >= 0.3 is 0 Å². The lowest BCUT2D eigenvalue weighted by Crippen LogP contribution is -2.51. The first-order valence-corrected chi connectivity index (χ1v) is 12.7. The van der Waals surface area contributed by atoms with E-state index in [2.05, 4.69) is 35.3 Å². The molecule has 1 aliphatic carbocycles. The van der Waals surface area contributed by atoms with E-state index in [1.54, 1.807) is 11.8 Å². The Hall–Kier alpha value is -1.81. The van der Waals surface area contributed by atoms with Crippen LogP contribution in [0.3, 0.4) is 0 Å². The Morgan fingerprint density at radius 3 is 2.94 bits per heavy atom. The molecule has 0 radical (unpaired) electrons. The maximum atomic E-state index is 9.12. The summed E-state index contributed by atoms with van der Waals surface area (Å²) in [5.74, 6) is 2.09. The minimum atomic E-state index is 0.200. The van der Waals surface area contributed by atoms with Gasteiger partial charge in [0.15, 0.2) is 5.16 Å². The van der Waals surface area contributed by atoms with Crippen molar-refractivity contribution in [1.29, 1.82) is 5.26 Å². The van der Waals surface area contributed by atoms with E-state index in [4.69, 9.17) is 26.8 Å². The summed E-state index contributed by atoms with van der Waals surface area (Å²) in [4.78, 5) is 12.3. The molecule has 0 bridgehead atoms. The van der Waals surface area contributed by atoms with Crippen molar-refractivity contribution in [3.63, 3.8) is 0 Å². The number of piperazine rings is 1. The van der Waals surface area contributed by atoms with Crippen LogP contribution in [0.2, 0.25) is 5.02 Å². The molecule has 0 saturated carbocycles. The van der Waals surface area contributed by atoms with Crippen LogP contribution in [0.25, 0.3) is 0 Å². The molecule has 5 nitrogen and oxygen atoms in total. The van der Waals surface area contributed by atoms with Crippen molar-refractivity contribution in [2.24, 2.45) is 5.92 Å². The van der Waals surface area contributed by atoms with Crippen molar-refractivity contribution in [2.45, 2.75) is 56.1 Å². The second-order valence-corrected chi connectivity index (χ2v) is 9.76. The lowest BCUT2D eigenvalue weighted by molar-refractivity contribution is 0.355. The molecule has 2 aliphatic rings. The maximum absolute atomic E-state index is 9.12. The Morgan fingerprint density at radius 1 is 1.32 bits per heavy atom. The predicted octanol–water partition coefficient (Wildman–Crippen LogP) is 4.84. The molecule has 31 heavy (non-hydrogen) atoms. The molecule has 1 aromatic carbocycles. The number of nitrogens with zero attached hydrogens (tertiary/aromatic N) is 4. The average molecular weight is 456 g/mol. The van der Waals surface area contributed by atoms with Gasteiger partial charge in [-0.25, -0.2) is 9.97 Å². The Labute approximate surface area is 194 Å². The van der Waals surface area contributed by atoms with Crippen LogP contribution in [0, 0.1) is 17.2 Å². The summed E-state index contributed by atoms with van der Waals surface area (Å²) in [6, 6.07) is 10.7. The largest absolute Gasteiger partial charge is 0.353 e. The van der Waals surface area contributed by atoms with E-state index in [0.717, 1.165) is 61.3 Å². The third-order valence-electron chi connectivity index (χ3n) is 6.72. The van der Waals surface area contributed by atoms with Crippen LogP contribution >= 0.6 is 23.4 Å². The Bertz CT molecular complexity index is 959. The molecule has 3 unspecified atom stereocenters. The van der Waals surface area contributed by atoms with Gasteiger partial charge in [-0.15, -0.1) is 0 Å². The molecule has 3 atom stereocenters. The Morgan fingerprint density at radius 2 is 2.16 bits per heavy atom. The number of rotatable bonds is 6. The van der Waals surface area contributed by atoms with Gasteiger partial charge in [0.1, 0.15) is 5.82 Å². The fourth-order valence-corrected chi connectivity index (χ4v) is 5.54. The molecule has 4 rings (SSSR count). The van der Waals surface area contributed by atoms with Crippen molar-refractivity contribution in [3.05, 3.63) is 46.1 Å². The number of aromatic nitrogens is 2. The number of nitrogens with one attached hydrogen (secondary N) is 1. The summed E-state index contributed by atoms with van der Waals surface area (Å²) in [5.41, 5.74) is 3.77. The maximum Gasteiger partial charge on any atom is 0.189 e. The van der Waals surface area contributed by atoms with E-state index in [0.29, 0.717) is 18.3 Å². The number of fused-ring (bicyclic) bond motifs is 1. The Kier molecular flexibility index (Phi) is 7.37. The van der Waals surface area contributed by atoms with Crippen LogP contribution in [-0.4, -0.2) is 41.9 Å². The zero-order valence-corrected chi connectivity index (χ0v) is 19.8. The van der Waals surface area contributed by atoms with Gasteiger partial charge in [0, 0.05) is 42.2 Å². The van der Waals surface area contributed by atoms with E-state index in [1.165, 1.54) is 16.8 Å². The van der Waals surface area contributed by atoms with Gasteiger partial charge in [-0.2, -0.15) is 5.26 Å². The van der Waals surface area contributed by atoms with Crippen molar-refractivity contribution in [3.8, 4) is 6.07 Å². The third kappa shape index (κ3) is 5.00. The normalized spacial score (nSPS) is 23.3. The fourth-order valence-electron chi connectivity index (χ4n) is 4.94. The summed E-state index contributed by atoms with van der Waals surface area (Å²) in [7, 11) is 0. The number of anilines is 1. The number of hydrogen-bond acceptors (Lipinski definition) is 6. The molecular weight excluding hydrogens is 426 g/mol. The highest BCUT2D eigenvalue weighted by atomic mass is 35.5. The average Bonchev–Trinajstić information content (AvgIpc) is 2.79. The first kappa shape index (κ1) is 22.4. The second kappa shape index (κ2) is 10.2. The number of thioether (sulfide) groups is 1. The van der Waals surface area contributed by atoms with Crippen LogP contribution in [0.4, 0.5) is 5.82 Å². The minimum absolute atomic E-state index is 0.200. The molecule has 1 saturated heterocycles. The molecule has 2 heterocycles. The van der Waals surface area contributed by atoms with Gasteiger partial charge in [-0.3, -0.25) is 0 Å². The minimum Gasteiger partial charge on any atom is -0.353 e. The number of halogens is 1. The second-order valence-electron chi connectivity index (χ2n) is 8.57. The summed E-state index contributed by atoms with van der Waals surface area (Å²) in [6.45, 7) is 4.96. The van der Waals surface area contributed by atoms with Crippen LogP contribution in [0.1, 0.15) is 48.9 Å². The first-order chi connectivity index (χ1) is 15.1. The van der Waals surface area contributed by atoms with Gasteiger partial charge in [0.05, 0.1) is 18.2 Å². The van der Waals surface area contributed by atoms with E-state index < -0.39 is 0 Å². The van der Waals surface area contributed by atoms with Crippen LogP contribution in [-0.2, 0) is 12.8 Å². The quantitative estimate of drug-likeness (QED) is 0.496. The van der Waals surface area contributed by atoms with E-state index >= 15 is 0 Å². The molecule has 2 aromatic rings. The van der Waals surface area contributed by atoms with Crippen molar-refractivity contribution >= 4 is 29.2 Å². The topological polar surface area (TPSA) is 64.8 Å². The summed E-state index contributed by atoms with van der Waals surface area (Å²) < 4.78 is 0. The van der Waals surface area contributed by atoms with Crippen molar-refractivity contribution in [2.75, 3.05) is 30.8 Å². The SMILES string of the molecule is CSc1nc2c(c(N3CCNC(CC#N)C3)n1)CCC(CCc1ccccc1Cl)C2C. The Balaban J connectivity index is 1.56. The molecule has 1 aromatic heterocycles. The molecule has 1 aliphatic heterocycles. The molecule has 7 heteroatoms. The van der Waals surface area contributed by atoms with Crippen LogP contribution < -0.4 is 10.2 Å². The number of hydrogen-bond donors (Lipinski definition) is 1. The number of aryl methyl sites for hydroxylation is 1. The summed E-state index contributed by atoms with van der Waals surface area (Å²) in [6.07, 6.45) is 6.87. The van der Waals surface area contributed by atoms with Crippen molar-refractivity contribution < 1.29 is 0 Å². The van der Waals surface area contributed by atoms with Gasteiger partial charge in [0.2, 0.25) is 0 Å². The highest BCUT2D eigenvalue weighted by Crippen LogP contribution is 2.41. The molecule has 1 N–H and O–H groups in total. The van der Waals surface area contributed by atoms with Crippen LogP contribution in [0.15, 0.2) is 29.4 Å². The zero-order chi connectivity index (χ0) is 21.8. The predicted molar refractivity (Wildman–Crippen MR) is 128 cm³/mol.